The molecule has 0 atom stereocenters. The quantitative estimate of drug-likeness (QED) is 0.503. The maximum Gasteiger partial charge on any atom is 0.338 e. The summed E-state index contributed by atoms with van der Waals surface area (Å²) in [6.07, 6.45) is 0. The predicted octanol–water partition coefficient (Wildman–Crippen LogP) is 2.05. The summed E-state index contributed by atoms with van der Waals surface area (Å²) in [6.45, 7) is 4.61. The van der Waals surface area contributed by atoms with Crippen molar-refractivity contribution in [2.75, 3.05) is 11.9 Å². The van der Waals surface area contributed by atoms with Crippen molar-refractivity contribution in [3.8, 4) is 0 Å². The number of nitro groups is 1. The van der Waals surface area contributed by atoms with Gasteiger partial charge in [-0.25, -0.2) is 4.79 Å². The van der Waals surface area contributed by atoms with Gasteiger partial charge in [-0.2, -0.15) is 5.10 Å². The average Bonchev–Trinajstić information content (AvgIpc) is 2.79. The first-order valence-corrected chi connectivity index (χ1v) is 7.43. The highest BCUT2D eigenvalue weighted by Gasteiger charge is 2.18. The van der Waals surface area contributed by atoms with Crippen LogP contribution in [0.25, 0.3) is 0 Å². The Morgan fingerprint density at radius 2 is 2.00 bits per heavy atom. The van der Waals surface area contributed by atoms with Gasteiger partial charge in [0.2, 0.25) is 0 Å². The Hall–Kier alpha value is -3.23. The second-order valence-electron chi connectivity index (χ2n) is 5.55. The highest BCUT2D eigenvalue weighted by atomic mass is 16.6. The summed E-state index contributed by atoms with van der Waals surface area (Å²) in [7, 11) is 1.75. The lowest BCUT2D eigenvalue weighted by atomic mass is 10.1. The summed E-state index contributed by atoms with van der Waals surface area (Å²) in [5.74, 6) is -1.33. The zero-order chi connectivity index (χ0) is 18.7. The Morgan fingerprint density at radius 3 is 2.56 bits per heavy atom. The van der Waals surface area contributed by atoms with Crippen molar-refractivity contribution in [1.29, 1.82) is 0 Å². The molecule has 1 aromatic carbocycles. The number of amides is 1. The number of esters is 1. The number of hydrogen-bond acceptors (Lipinski definition) is 6. The Kier molecular flexibility index (Phi) is 5.16. The zero-order valence-corrected chi connectivity index (χ0v) is 14.3. The minimum Gasteiger partial charge on any atom is -0.452 e. The molecule has 0 aliphatic carbocycles. The van der Waals surface area contributed by atoms with Gasteiger partial charge in [0.25, 0.3) is 11.6 Å². The molecule has 0 saturated heterocycles. The Morgan fingerprint density at radius 1 is 1.32 bits per heavy atom. The number of carbonyl (C=O) groups excluding carboxylic acids is 2. The lowest BCUT2D eigenvalue weighted by Gasteiger charge is -2.07. The van der Waals surface area contributed by atoms with E-state index < -0.39 is 23.4 Å². The average molecular weight is 346 g/mol. The fraction of sp³-hybridized carbons (Fsp3) is 0.312. The fourth-order valence-electron chi connectivity index (χ4n) is 2.28. The van der Waals surface area contributed by atoms with Crippen LogP contribution in [0.3, 0.4) is 0 Å². The normalized spacial score (nSPS) is 10.4. The van der Waals surface area contributed by atoms with Crippen LogP contribution in [0, 0.1) is 30.9 Å². The van der Waals surface area contributed by atoms with Crippen LogP contribution >= 0.6 is 0 Å². The van der Waals surface area contributed by atoms with Crippen LogP contribution in [0.5, 0.6) is 0 Å². The molecule has 1 aromatic heterocycles. The molecule has 2 rings (SSSR count). The molecule has 0 bridgehead atoms. The predicted molar refractivity (Wildman–Crippen MR) is 89.4 cm³/mol. The van der Waals surface area contributed by atoms with E-state index in [1.54, 1.807) is 32.5 Å². The first kappa shape index (κ1) is 18.1. The van der Waals surface area contributed by atoms with E-state index >= 15 is 0 Å². The monoisotopic (exact) mass is 346 g/mol. The van der Waals surface area contributed by atoms with Crippen LogP contribution in [0.15, 0.2) is 18.2 Å². The summed E-state index contributed by atoms with van der Waals surface area (Å²) in [4.78, 5) is 34.3. The molecular formula is C16H18N4O5. The van der Waals surface area contributed by atoms with E-state index in [-0.39, 0.29) is 11.3 Å². The van der Waals surface area contributed by atoms with Crippen molar-refractivity contribution in [3.05, 3.63) is 50.8 Å². The molecule has 0 saturated carbocycles. The van der Waals surface area contributed by atoms with Gasteiger partial charge in [0.05, 0.1) is 27.6 Å². The Labute approximate surface area is 143 Å². The summed E-state index contributed by atoms with van der Waals surface area (Å²) in [5, 5.41) is 17.7. The number of nitrogens with zero attached hydrogens (tertiary/aromatic N) is 3. The van der Waals surface area contributed by atoms with Gasteiger partial charge in [0.1, 0.15) is 0 Å². The molecular weight excluding hydrogens is 328 g/mol. The number of benzene rings is 1. The first-order chi connectivity index (χ1) is 11.7. The third-order valence-corrected chi connectivity index (χ3v) is 3.75. The van der Waals surface area contributed by atoms with Gasteiger partial charge in [-0.15, -0.1) is 0 Å². The minimum atomic E-state index is -0.808. The molecule has 0 spiro atoms. The van der Waals surface area contributed by atoms with Crippen molar-refractivity contribution in [1.82, 2.24) is 9.78 Å². The first-order valence-electron chi connectivity index (χ1n) is 7.43. The second-order valence-corrected chi connectivity index (χ2v) is 5.55. The van der Waals surface area contributed by atoms with Crippen LogP contribution in [-0.2, 0) is 16.6 Å². The van der Waals surface area contributed by atoms with E-state index in [0.29, 0.717) is 16.9 Å². The topological polar surface area (TPSA) is 116 Å². The van der Waals surface area contributed by atoms with Crippen molar-refractivity contribution in [3.63, 3.8) is 0 Å². The summed E-state index contributed by atoms with van der Waals surface area (Å²) >= 11 is 0. The van der Waals surface area contributed by atoms with Crippen LogP contribution < -0.4 is 5.32 Å². The summed E-state index contributed by atoms with van der Waals surface area (Å²) in [6, 6.07) is 4.00. The van der Waals surface area contributed by atoms with Crippen molar-refractivity contribution in [2.45, 2.75) is 20.8 Å². The number of anilines is 1. The number of hydrogen-bond donors (Lipinski definition) is 1. The smallest absolute Gasteiger partial charge is 0.338 e. The van der Waals surface area contributed by atoms with Gasteiger partial charge in [-0.3, -0.25) is 19.6 Å². The van der Waals surface area contributed by atoms with E-state index in [2.05, 4.69) is 10.4 Å². The number of rotatable bonds is 5. The Bertz CT molecular complexity index is 856. The van der Waals surface area contributed by atoms with Crippen LogP contribution in [-0.4, -0.2) is 33.2 Å². The van der Waals surface area contributed by atoms with E-state index in [0.717, 1.165) is 11.8 Å². The van der Waals surface area contributed by atoms with Gasteiger partial charge in [0, 0.05) is 18.7 Å². The Balaban J connectivity index is 2.01. The number of ether oxygens (including phenoxy) is 1. The van der Waals surface area contributed by atoms with Crippen molar-refractivity contribution < 1.29 is 19.2 Å². The van der Waals surface area contributed by atoms with Gasteiger partial charge < -0.3 is 10.1 Å². The number of carbonyl (C=O) groups is 2. The highest BCUT2D eigenvalue weighted by Crippen LogP contribution is 2.20. The molecule has 1 heterocycles. The molecule has 1 N–H and O–H groups in total. The molecule has 25 heavy (non-hydrogen) atoms. The van der Waals surface area contributed by atoms with E-state index in [9.17, 15) is 19.7 Å². The van der Waals surface area contributed by atoms with Gasteiger partial charge in [-0.1, -0.05) is 6.07 Å². The molecule has 0 aliphatic rings. The van der Waals surface area contributed by atoms with Gasteiger partial charge >= 0.3 is 5.97 Å². The molecule has 9 heteroatoms. The third-order valence-electron chi connectivity index (χ3n) is 3.75. The lowest BCUT2D eigenvalue weighted by Crippen LogP contribution is -2.21. The third kappa shape index (κ3) is 4.00. The molecule has 1 amide bonds. The molecule has 0 aliphatic heterocycles. The SMILES string of the molecule is Cc1ccc(C(=O)OCC(=O)Nc2c(C)nn(C)c2C)cc1[N+](=O)[O-]. The molecule has 132 valence electrons. The summed E-state index contributed by atoms with van der Waals surface area (Å²) in [5.41, 5.74) is 2.25. The highest BCUT2D eigenvalue weighted by molar-refractivity contribution is 5.96. The van der Waals surface area contributed by atoms with Crippen LogP contribution in [0.2, 0.25) is 0 Å². The summed E-state index contributed by atoms with van der Waals surface area (Å²) < 4.78 is 6.55. The largest absolute Gasteiger partial charge is 0.452 e. The van der Waals surface area contributed by atoms with Gasteiger partial charge in [-0.05, 0) is 26.8 Å². The molecule has 9 nitrogen and oxygen atoms in total. The number of aromatic nitrogens is 2. The second kappa shape index (κ2) is 7.12. The van der Waals surface area contributed by atoms with E-state index in [1.807, 2.05) is 0 Å². The maximum absolute atomic E-state index is 12.0. The van der Waals surface area contributed by atoms with Crippen molar-refractivity contribution >= 4 is 23.3 Å². The molecule has 2 aromatic rings. The number of aryl methyl sites for hydroxylation is 3. The maximum atomic E-state index is 12.0. The lowest BCUT2D eigenvalue weighted by molar-refractivity contribution is -0.385. The fourth-order valence-corrected chi connectivity index (χ4v) is 2.28. The number of nitrogens with one attached hydrogen (secondary N) is 1. The van der Waals surface area contributed by atoms with Crippen LogP contribution in [0.4, 0.5) is 11.4 Å². The zero-order valence-electron chi connectivity index (χ0n) is 14.3. The van der Waals surface area contributed by atoms with E-state index in [1.165, 1.54) is 12.1 Å². The van der Waals surface area contributed by atoms with Crippen molar-refractivity contribution in [2.24, 2.45) is 7.05 Å². The van der Waals surface area contributed by atoms with Crippen LogP contribution in [0.1, 0.15) is 27.3 Å². The standard InChI is InChI=1S/C16H18N4O5/c1-9-5-6-12(7-13(9)20(23)24)16(22)25-8-14(21)17-15-10(2)18-19(4)11(15)3/h5-7H,8H2,1-4H3,(H,17,21). The molecule has 0 fully saturated rings. The minimum absolute atomic E-state index is 0.0128. The van der Waals surface area contributed by atoms with E-state index in [4.69, 9.17) is 4.74 Å². The molecule has 0 radical (unpaired) electrons. The van der Waals surface area contributed by atoms with Gasteiger partial charge in [0.15, 0.2) is 6.61 Å². The number of nitro benzene ring substituents is 1. The molecule has 0 unspecified atom stereocenters.